The van der Waals surface area contributed by atoms with Crippen molar-refractivity contribution in [2.45, 2.75) is 116 Å². The van der Waals surface area contributed by atoms with Crippen LogP contribution in [0.3, 0.4) is 0 Å². The SMILES string of the molecule is CCCCCCCCCCCCCC/C=C\CCOP(=O)(O)C(CC)[N+](C)(C)C. The molecule has 0 radical (unpaired) electrons. The predicted octanol–water partition coefficient (Wildman–Crippen LogP) is 7.67. The number of hydrogen-bond acceptors (Lipinski definition) is 2. The van der Waals surface area contributed by atoms with Crippen molar-refractivity contribution in [3.8, 4) is 0 Å². The molecule has 4 nitrogen and oxygen atoms in total. The van der Waals surface area contributed by atoms with E-state index in [1.807, 2.05) is 28.1 Å². The minimum absolute atomic E-state index is 0.319. The van der Waals surface area contributed by atoms with Crippen molar-refractivity contribution in [2.75, 3.05) is 27.7 Å². The topological polar surface area (TPSA) is 46.5 Å². The molecule has 0 bridgehead atoms. The van der Waals surface area contributed by atoms with Gasteiger partial charge in [0.1, 0.15) is 0 Å². The molecule has 0 aliphatic carbocycles. The summed E-state index contributed by atoms with van der Waals surface area (Å²) in [5.74, 6) is -0.368. The maximum absolute atomic E-state index is 12.4. The lowest BCUT2D eigenvalue weighted by Crippen LogP contribution is -2.44. The van der Waals surface area contributed by atoms with E-state index in [2.05, 4.69) is 19.1 Å². The van der Waals surface area contributed by atoms with Gasteiger partial charge in [0.15, 0.2) is 5.78 Å². The highest BCUT2D eigenvalue weighted by Gasteiger charge is 2.41. The number of rotatable bonds is 20. The Morgan fingerprint density at radius 1 is 0.793 bits per heavy atom. The third-order valence-corrected chi connectivity index (χ3v) is 7.95. The fraction of sp³-hybridized carbons (Fsp3) is 0.917. The zero-order valence-corrected chi connectivity index (χ0v) is 21.1. The van der Waals surface area contributed by atoms with E-state index in [1.54, 1.807) is 0 Å². The monoisotopic (exact) mass is 432 g/mol. The van der Waals surface area contributed by atoms with Crippen molar-refractivity contribution in [3.63, 3.8) is 0 Å². The Morgan fingerprint density at radius 2 is 1.24 bits per heavy atom. The van der Waals surface area contributed by atoms with Gasteiger partial charge in [0.25, 0.3) is 0 Å². The summed E-state index contributed by atoms with van der Waals surface area (Å²) in [5.41, 5.74) is 0. The van der Waals surface area contributed by atoms with Crippen LogP contribution < -0.4 is 0 Å². The Labute approximate surface area is 182 Å². The molecule has 29 heavy (non-hydrogen) atoms. The molecular formula is C24H51NO3P+. The van der Waals surface area contributed by atoms with Gasteiger partial charge in [-0.3, -0.25) is 4.57 Å². The minimum atomic E-state index is -3.58. The standard InChI is InChI=1S/C24H50NO3P/c1-6-8-9-10-11-12-13-14-15-16-17-18-19-20-21-22-23-28-29(26,27)24(7-2)25(3,4)5/h20-21,24H,6-19,22-23H2,1-5H3/p+1/b21-20-. The van der Waals surface area contributed by atoms with Crippen LogP contribution in [-0.4, -0.2) is 42.9 Å². The van der Waals surface area contributed by atoms with E-state index in [9.17, 15) is 9.46 Å². The third-order valence-electron chi connectivity index (χ3n) is 5.59. The average Bonchev–Trinajstić information content (AvgIpc) is 2.63. The fourth-order valence-corrected chi connectivity index (χ4v) is 5.77. The average molecular weight is 433 g/mol. The second kappa shape index (κ2) is 17.5. The van der Waals surface area contributed by atoms with E-state index < -0.39 is 7.60 Å². The zero-order valence-electron chi connectivity index (χ0n) is 20.2. The molecule has 0 aromatic rings. The maximum Gasteiger partial charge on any atom is 0.385 e. The molecule has 0 aliphatic heterocycles. The quantitative estimate of drug-likeness (QED) is 0.0929. The normalized spacial score (nSPS) is 15.7. The van der Waals surface area contributed by atoms with Gasteiger partial charge in [-0.15, -0.1) is 0 Å². The highest BCUT2D eigenvalue weighted by atomic mass is 31.2. The smallest absolute Gasteiger partial charge is 0.320 e. The Kier molecular flexibility index (Phi) is 17.4. The third kappa shape index (κ3) is 16.2. The van der Waals surface area contributed by atoms with Crippen LogP contribution in [0.2, 0.25) is 0 Å². The summed E-state index contributed by atoms with van der Waals surface area (Å²) in [6, 6.07) is 0. The molecule has 0 aromatic carbocycles. The van der Waals surface area contributed by atoms with Crippen molar-refractivity contribution < 1.29 is 18.5 Å². The lowest BCUT2D eigenvalue weighted by atomic mass is 10.0. The van der Waals surface area contributed by atoms with Crippen LogP contribution >= 0.6 is 7.60 Å². The summed E-state index contributed by atoms with van der Waals surface area (Å²) in [4.78, 5) is 10.2. The molecule has 0 fully saturated rings. The minimum Gasteiger partial charge on any atom is -0.320 e. The first kappa shape index (κ1) is 28.9. The second-order valence-electron chi connectivity index (χ2n) is 9.34. The molecule has 0 heterocycles. The van der Waals surface area contributed by atoms with Crippen LogP contribution in [0.5, 0.6) is 0 Å². The predicted molar refractivity (Wildman–Crippen MR) is 127 cm³/mol. The first-order valence-corrected chi connectivity index (χ1v) is 13.8. The van der Waals surface area contributed by atoms with Crippen LogP contribution in [0.25, 0.3) is 0 Å². The molecule has 0 aliphatic rings. The summed E-state index contributed by atoms with van der Waals surface area (Å²) in [5, 5.41) is 0. The van der Waals surface area contributed by atoms with Crippen LogP contribution in [-0.2, 0) is 9.09 Å². The molecule has 0 spiro atoms. The summed E-state index contributed by atoms with van der Waals surface area (Å²) in [6.07, 6.45) is 23.2. The van der Waals surface area contributed by atoms with E-state index in [1.165, 1.54) is 77.0 Å². The number of allylic oxidation sites excluding steroid dienone is 1. The Balaban J connectivity index is 3.56. The van der Waals surface area contributed by atoms with Gasteiger partial charge in [-0.25, -0.2) is 0 Å². The van der Waals surface area contributed by atoms with Crippen molar-refractivity contribution in [1.82, 2.24) is 0 Å². The summed E-state index contributed by atoms with van der Waals surface area (Å²) >= 11 is 0. The van der Waals surface area contributed by atoms with Gasteiger partial charge in [0.2, 0.25) is 0 Å². The van der Waals surface area contributed by atoms with Crippen molar-refractivity contribution in [2.24, 2.45) is 0 Å². The van der Waals surface area contributed by atoms with Gasteiger partial charge >= 0.3 is 7.60 Å². The molecular weight excluding hydrogens is 381 g/mol. The van der Waals surface area contributed by atoms with Crippen LogP contribution in [0.4, 0.5) is 0 Å². The van der Waals surface area contributed by atoms with Gasteiger partial charge in [0.05, 0.1) is 27.7 Å². The molecule has 0 rings (SSSR count). The summed E-state index contributed by atoms with van der Waals surface area (Å²) in [7, 11) is 2.24. The molecule has 2 atom stereocenters. The van der Waals surface area contributed by atoms with Gasteiger partial charge in [-0.1, -0.05) is 96.6 Å². The number of nitrogens with zero attached hydrogens (tertiary/aromatic N) is 1. The van der Waals surface area contributed by atoms with E-state index in [-0.39, 0.29) is 5.78 Å². The Hall–Kier alpha value is -0.150. The van der Waals surface area contributed by atoms with Gasteiger partial charge in [0, 0.05) is 6.42 Å². The van der Waals surface area contributed by atoms with Crippen molar-refractivity contribution in [3.05, 3.63) is 12.2 Å². The molecule has 0 saturated carbocycles. The lowest BCUT2D eigenvalue weighted by molar-refractivity contribution is -0.883. The van der Waals surface area contributed by atoms with Gasteiger partial charge in [-0.2, -0.15) is 0 Å². The molecule has 0 aromatic heterocycles. The number of hydrogen-bond donors (Lipinski definition) is 1. The Bertz CT molecular complexity index is 446. The summed E-state index contributed by atoms with van der Waals surface area (Å²) in [6.45, 7) is 4.53. The Morgan fingerprint density at radius 3 is 1.69 bits per heavy atom. The fourth-order valence-electron chi connectivity index (χ4n) is 3.89. The number of unbranched alkanes of at least 4 members (excludes halogenated alkanes) is 12. The zero-order chi connectivity index (χ0) is 22.0. The molecule has 174 valence electrons. The molecule has 5 heteroatoms. The van der Waals surface area contributed by atoms with Gasteiger partial charge < -0.3 is 13.9 Å². The van der Waals surface area contributed by atoms with E-state index in [4.69, 9.17) is 4.52 Å². The molecule has 1 N–H and O–H groups in total. The molecule has 2 unspecified atom stereocenters. The summed E-state index contributed by atoms with van der Waals surface area (Å²) < 4.78 is 18.3. The van der Waals surface area contributed by atoms with Crippen molar-refractivity contribution in [1.29, 1.82) is 0 Å². The second-order valence-corrected chi connectivity index (χ2v) is 11.3. The van der Waals surface area contributed by atoms with E-state index in [0.29, 0.717) is 23.9 Å². The first-order chi connectivity index (χ1) is 13.8. The highest BCUT2D eigenvalue weighted by Crippen LogP contribution is 2.51. The highest BCUT2D eigenvalue weighted by molar-refractivity contribution is 7.53. The van der Waals surface area contributed by atoms with Crippen LogP contribution in [0.1, 0.15) is 110 Å². The van der Waals surface area contributed by atoms with Crippen molar-refractivity contribution >= 4 is 7.60 Å². The first-order valence-electron chi connectivity index (χ1n) is 12.2. The van der Waals surface area contributed by atoms with E-state index in [0.717, 1.165) is 6.42 Å². The maximum atomic E-state index is 12.4. The van der Waals surface area contributed by atoms with E-state index >= 15 is 0 Å². The van der Waals surface area contributed by atoms with Gasteiger partial charge in [-0.05, 0) is 19.3 Å². The van der Waals surface area contributed by atoms with Crippen LogP contribution in [0, 0.1) is 0 Å². The molecule has 0 amide bonds. The number of quaternary nitrogens is 1. The largest absolute Gasteiger partial charge is 0.385 e. The van der Waals surface area contributed by atoms with Crippen LogP contribution in [0.15, 0.2) is 12.2 Å². The molecule has 0 saturated heterocycles. The lowest BCUT2D eigenvalue weighted by Gasteiger charge is -2.35.